The van der Waals surface area contributed by atoms with Gasteiger partial charge in [0, 0.05) is 0 Å². The molecule has 1 nitrogen and oxygen atoms in total. The maximum atomic E-state index is 11.7. The highest BCUT2D eigenvalue weighted by molar-refractivity contribution is 6.23. The summed E-state index contributed by atoms with van der Waals surface area (Å²) in [6, 6.07) is 0. The van der Waals surface area contributed by atoms with Crippen LogP contribution in [0.25, 0.3) is 0 Å². The van der Waals surface area contributed by atoms with Gasteiger partial charge in [-0.3, -0.25) is 0 Å². The van der Waals surface area contributed by atoms with E-state index in [2.05, 4.69) is 11.6 Å². The third-order valence-electron chi connectivity index (χ3n) is 0.613. The number of aliphatic hydroxyl groups excluding tert-OH is 1. The first-order chi connectivity index (χ1) is 3.81. The number of hydrogen-bond donors (Lipinski definition) is 1. The highest BCUT2D eigenvalue weighted by Gasteiger charge is 2.54. The molecule has 1 unspecified atom stereocenters. The number of hydrogen-bond acceptors (Lipinski definition) is 1. The zero-order valence-electron chi connectivity index (χ0n) is 4.04. The molecule has 0 aromatic carbocycles. The van der Waals surface area contributed by atoms with Gasteiger partial charge in [-0.2, -0.15) is 13.2 Å². The summed E-state index contributed by atoms with van der Waals surface area (Å²) < 4.78 is 45.2. The SMILES string of the molecule is OCC(F)(Cl)C(F)(F)F. The lowest BCUT2D eigenvalue weighted by Gasteiger charge is -2.17. The molecule has 0 rings (SSSR count). The fourth-order valence-electron chi connectivity index (χ4n) is 0.0896. The Hall–Kier alpha value is -0.0300. The Morgan fingerprint density at radius 2 is 1.56 bits per heavy atom. The first kappa shape index (κ1) is 8.97. The van der Waals surface area contributed by atoms with Gasteiger partial charge in [-0.25, -0.2) is 4.39 Å². The summed E-state index contributed by atoms with van der Waals surface area (Å²) in [4.78, 5) is 0. The second-order valence-corrected chi connectivity index (χ2v) is 1.96. The van der Waals surface area contributed by atoms with Crippen molar-refractivity contribution in [3.05, 3.63) is 0 Å². The fourth-order valence-corrected chi connectivity index (χ4v) is 0.0896. The van der Waals surface area contributed by atoms with E-state index in [1.165, 1.54) is 0 Å². The van der Waals surface area contributed by atoms with Gasteiger partial charge in [0.2, 0.25) is 0 Å². The molecule has 0 amide bonds. The van der Waals surface area contributed by atoms with Crippen LogP contribution in [0.2, 0.25) is 0 Å². The predicted molar refractivity (Wildman–Crippen MR) is 22.8 cm³/mol. The van der Waals surface area contributed by atoms with E-state index in [9.17, 15) is 17.6 Å². The Balaban J connectivity index is 4.14. The van der Waals surface area contributed by atoms with Gasteiger partial charge in [0.05, 0.1) is 0 Å². The quantitative estimate of drug-likeness (QED) is 0.462. The van der Waals surface area contributed by atoms with Crippen molar-refractivity contribution in [1.29, 1.82) is 0 Å². The standard InChI is InChI=1S/C3H3ClF4O/c4-2(5,1-9)3(6,7)8/h9H,1H2. The van der Waals surface area contributed by atoms with Gasteiger partial charge < -0.3 is 5.11 Å². The van der Waals surface area contributed by atoms with Gasteiger partial charge in [-0.1, -0.05) is 11.6 Å². The Kier molecular flexibility index (Phi) is 2.29. The summed E-state index contributed by atoms with van der Waals surface area (Å²) in [5.74, 6) is 0. The van der Waals surface area contributed by atoms with Crippen molar-refractivity contribution >= 4 is 11.6 Å². The van der Waals surface area contributed by atoms with Crippen LogP contribution in [0.4, 0.5) is 17.6 Å². The molecule has 0 saturated heterocycles. The zero-order chi connectivity index (χ0) is 7.71. The van der Waals surface area contributed by atoms with Crippen LogP contribution in [0.5, 0.6) is 0 Å². The van der Waals surface area contributed by atoms with Crippen molar-refractivity contribution in [1.82, 2.24) is 0 Å². The molecule has 0 radical (unpaired) electrons. The smallest absolute Gasteiger partial charge is 0.391 e. The van der Waals surface area contributed by atoms with Crippen LogP contribution in [0.3, 0.4) is 0 Å². The first-order valence-corrected chi connectivity index (χ1v) is 2.24. The molecule has 0 fully saturated rings. The van der Waals surface area contributed by atoms with Crippen molar-refractivity contribution in [3.8, 4) is 0 Å². The molecule has 9 heavy (non-hydrogen) atoms. The molecule has 1 N–H and O–H groups in total. The summed E-state index contributed by atoms with van der Waals surface area (Å²) in [7, 11) is 0. The van der Waals surface area contributed by atoms with Crippen LogP contribution in [-0.4, -0.2) is 23.0 Å². The van der Waals surface area contributed by atoms with Gasteiger partial charge in [0.1, 0.15) is 6.61 Å². The highest BCUT2D eigenvalue weighted by atomic mass is 35.5. The lowest BCUT2D eigenvalue weighted by atomic mass is 10.4. The third kappa shape index (κ3) is 1.98. The third-order valence-corrected chi connectivity index (χ3v) is 0.947. The Morgan fingerprint density at radius 3 is 1.56 bits per heavy atom. The van der Waals surface area contributed by atoms with Crippen molar-refractivity contribution in [2.24, 2.45) is 0 Å². The van der Waals surface area contributed by atoms with Gasteiger partial charge >= 0.3 is 11.3 Å². The Labute approximate surface area is 53.2 Å². The van der Waals surface area contributed by atoms with E-state index in [-0.39, 0.29) is 0 Å². The minimum absolute atomic E-state index is 1.77. The summed E-state index contributed by atoms with van der Waals surface area (Å²) in [5.41, 5.74) is 0. The van der Waals surface area contributed by atoms with Crippen LogP contribution < -0.4 is 0 Å². The zero-order valence-corrected chi connectivity index (χ0v) is 4.80. The molecule has 1 atom stereocenters. The molecule has 0 heterocycles. The summed E-state index contributed by atoms with van der Waals surface area (Å²) >= 11 is 4.16. The normalized spacial score (nSPS) is 19.3. The molecule has 0 aliphatic rings. The maximum absolute atomic E-state index is 11.7. The first-order valence-electron chi connectivity index (χ1n) is 1.86. The molecule has 0 saturated carbocycles. The molecule has 0 bridgehead atoms. The monoisotopic (exact) mass is 166 g/mol. The van der Waals surface area contributed by atoms with E-state index in [0.717, 1.165) is 0 Å². The average molecular weight is 167 g/mol. The van der Waals surface area contributed by atoms with Gasteiger partial charge in [0.25, 0.3) is 0 Å². The van der Waals surface area contributed by atoms with Crippen LogP contribution in [0.1, 0.15) is 0 Å². The Bertz CT molecular complexity index is 98.5. The lowest BCUT2D eigenvalue weighted by Crippen LogP contribution is -2.38. The summed E-state index contributed by atoms with van der Waals surface area (Å²) in [5, 5.41) is 3.71. The van der Waals surface area contributed by atoms with Crippen molar-refractivity contribution in [3.63, 3.8) is 0 Å². The molecule has 0 aliphatic heterocycles. The molecule has 0 aromatic rings. The van der Waals surface area contributed by atoms with Gasteiger partial charge in [-0.15, -0.1) is 0 Å². The summed E-state index contributed by atoms with van der Waals surface area (Å²) in [6.45, 7) is -1.77. The molecule has 0 spiro atoms. The second-order valence-electron chi connectivity index (χ2n) is 1.36. The molecule has 0 aromatic heterocycles. The molecular formula is C3H3ClF4O. The second kappa shape index (κ2) is 2.30. The summed E-state index contributed by atoms with van der Waals surface area (Å²) in [6.07, 6.45) is -5.21. The van der Waals surface area contributed by atoms with Gasteiger partial charge in [-0.05, 0) is 0 Å². The minimum Gasteiger partial charge on any atom is -0.391 e. The molecule has 56 valence electrons. The van der Waals surface area contributed by atoms with E-state index in [4.69, 9.17) is 5.11 Å². The largest absolute Gasteiger partial charge is 0.439 e. The Morgan fingerprint density at radius 1 is 1.22 bits per heavy atom. The number of alkyl halides is 5. The molecule has 6 heteroatoms. The number of aliphatic hydroxyl groups is 1. The van der Waals surface area contributed by atoms with E-state index < -0.39 is 17.9 Å². The molecule has 0 aliphatic carbocycles. The number of halogens is 5. The predicted octanol–water partition coefficient (Wildman–Crippen LogP) is 1.45. The number of rotatable bonds is 1. The van der Waals surface area contributed by atoms with Crippen molar-refractivity contribution in [2.45, 2.75) is 11.3 Å². The topological polar surface area (TPSA) is 20.2 Å². The van der Waals surface area contributed by atoms with Crippen molar-refractivity contribution in [2.75, 3.05) is 6.61 Å². The van der Waals surface area contributed by atoms with E-state index in [1.807, 2.05) is 0 Å². The fraction of sp³-hybridized carbons (Fsp3) is 1.00. The average Bonchev–Trinajstić information content (AvgIpc) is 1.64. The van der Waals surface area contributed by atoms with E-state index in [1.54, 1.807) is 0 Å². The van der Waals surface area contributed by atoms with Crippen LogP contribution >= 0.6 is 11.6 Å². The van der Waals surface area contributed by atoms with Crippen LogP contribution in [0.15, 0.2) is 0 Å². The van der Waals surface area contributed by atoms with E-state index >= 15 is 0 Å². The highest BCUT2D eigenvalue weighted by Crippen LogP contribution is 2.36. The minimum atomic E-state index is -5.21. The van der Waals surface area contributed by atoms with Crippen molar-refractivity contribution < 1.29 is 22.7 Å². The lowest BCUT2D eigenvalue weighted by molar-refractivity contribution is -0.207. The van der Waals surface area contributed by atoms with Gasteiger partial charge in [0.15, 0.2) is 0 Å². The molecular weight excluding hydrogens is 163 g/mol. The van der Waals surface area contributed by atoms with Crippen LogP contribution in [-0.2, 0) is 0 Å². The maximum Gasteiger partial charge on any atom is 0.439 e. The van der Waals surface area contributed by atoms with E-state index in [0.29, 0.717) is 0 Å². The van der Waals surface area contributed by atoms with Crippen LogP contribution in [0, 0.1) is 0 Å².